The summed E-state index contributed by atoms with van der Waals surface area (Å²) < 4.78 is 0. The third-order valence-electron chi connectivity index (χ3n) is 3.02. The van der Waals surface area contributed by atoms with Crippen LogP contribution in [0, 0.1) is 5.41 Å². The van der Waals surface area contributed by atoms with E-state index in [9.17, 15) is 9.59 Å². The normalized spacial score (nSPS) is 18.6. The van der Waals surface area contributed by atoms with E-state index in [-0.39, 0.29) is 29.7 Å². The molecule has 1 fully saturated rings. The van der Waals surface area contributed by atoms with E-state index in [1.54, 1.807) is 6.92 Å². The number of rotatable bonds is 6. The zero-order valence-electron chi connectivity index (χ0n) is 12.5. The molecule has 2 amide bonds. The van der Waals surface area contributed by atoms with Crippen molar-refractivity contribution in [3.05, 3.63) is 0 Å². The summed E-state index contributed by atoms with van der Waals surface area (Å²) >= 11 is 0. The molecule has 1 aliphatic rings. The third-order valence-corrected chi connectivity index (χ3v) is 3.02. The lowest BCUT2D eigenvalue weighted by molar-refractivity contribution is -0.128. The Bertz CT molecular complexity index is 332. The van der Waals surface area contributed by atoms with Gasteiger partial charge in [0.15, 0.2) is 0 Å². The number of hydrogen-bond acceptors (Lipinski definition) is 3. The minimum atomic E-state index is -0.491. The molecule has 5 heteroatoms. The molecule has 0 saturated heterocycles. The van der Waals surface area contributed by atoms with Crippen LogP contribution < -0.4 is 16.4 Å². The number of carbonyl (C=O) groups is 2. The van der Waals surface area contributed by atoms with Crippen LogP contribution in [0.5, 0.6) is 0 Å². The van der Waals surface area contributed by atoms with Gasteiger partial charge in [-0.3, -0.25) is 9.59 Å². The first-order valence-corrected chi connectivity index (χ1v) is 7.03. The average Bonchev–Trinajstić information content (AvgIpc) is 2.97. The van der Waals surface area contributed by atoms with Crippen LogP contribution in [-0.2, 0) is 9.59 Å². The van der Waals surface area contributed by atoms with Gasteiger partial charge < -0.3 is 16.4 Å². The lowest BCUT2D eigenvalue weighted by atomic mass is 9.87. The van der Waals surface area contributed by atoms with E-state index < -0.39 is 6.04 Å². The Morgan fingerprint density at radius 2 is 1.89 bits per heavy atom. The quantitative estimate of drug-likeness (QED) is 0.670. The molecule has 4 N–H and O–H groups in total. The lowest BCUT2D eigenvalue weighted by Crippen LogP contribution is -2.46. The molecule has 2 atom stereocenters. The zero-order chi connectivity index (χ0) is 14.6. The standard InChI is InChI=1S/C14H27N3O2/c1-9(13(19)17-11-5-6-11)16-12(18)7-10(15)8-14(2,3)4/h9-11H,5-8,15H2,1-4H3,(H,16,18)(H,17,19). The molecule has 0 aliphatic heterocycles. The van der Waals surface area contributed by atoms with E-state index in [1.807, 2.05) is 0 Å². The Balaban J connectivity index is 2.27. The van der Waals surface area contributed by atoms with Crippen molar-refractivity contribution in [2.45, 2.75) is 71.5 Å². The topological polar surface area (TPSA) is 84.2 Å². The van der Waals surface area contributed by atoms with Gasteiger partial charge in [0.05, 0.1) is 0 Å². The van der Waals surface area contributed by atoms with Gasteiger partial charge in [-0.05, 0) is 31.6 Å². The van der Waals surface area contributed by atoms with E-state index >= 15 is 0 Å². The molecule has 0 aromatic carbocycles. The minimum absolute atomic E-state index is 0.106. The predicted octanol–water partition coefficient (Wildman–Crippen LogP) is 0.923. The summed E-state index contributed by atoms with van der Waals surface area (Å²) in [5.74, 6) is -0.268. The molecule has 0 bridgehead atoms. The first-order chi connectivity index (χ1) is 8.67. The molecule has 0 radical (unpaired) electrons. The summed E-state index contributed by atoms with van der Waals surface area (Å²) in [4.78, 5) is 23.5. The molecule has 2 unspecified atom stereocenters. The molecule has 110 valence electrons. The number of amides is 2. The molecule has 1 rings (SSSR count). The van der Waals surface area contributed by atoms with Crippen LogP contribution in [0.1, 0.15) is 53.4 Å². The molecule has 0 aromatic heterocycles. The summed E-state index contributed by atoms with van der Waals surface area (Å²) in [7, 11) is 0. The molecule has 1 aliphatic carbocycles. The Morgan fingerprint density at radius 1 is 1.32 bits per heavy atom. The molecule has 0 heterocycles. The van der Waals surface area contributed by atoms with Crippen molar-refractivity contribution in [3.63, 3.8) is 0 Å². The van der Waals surface area contributed by atoms with Crippen molar-refractivity contribution >= 4 is 11.8 Å². The van der Waals surface area contributed by atoms with Crippen LogP contribution in [0.3, 0.4) is 0 Å². The Labute approximate surface area is 115 Å². The fourth-order valence-corrected chi connectivity index (χ4v) is 2.02. The van der Waals surface area contributed by atoms with Gasteiger partial charge in [-0.25, -0.2) is 0 Å². The van der Waals surface area contributed by atoms with E-state index in [1.165, 1.54) is 0 Å². The van der Waals surface area contributed by atoms with Crippen molar-refractivity contribution in [3.8, 4) is 0 Å². The van der Waals surface area contributed by atoms with E-state index in [2.05, 4.69) is 31.4 Å². The highest BCUT2D eigenvalue weighted by Gasteiger charge is 2.26. The average molecular weight is 269 g/mol. The SMILES string of the molecule is CC(NC(=O)CC(N)CC(C)(C)C)C(=O)NC1CC1. The second kappa shape index (κ2) is 6.37. The van der Waals surface area contributed by atoms with Gasteiger partial charge in [0.25, 0.3) is 0 Å². The Kier molecular flexibility index (Phi) is 5.35. The van der Waals surface area contributed by atoms with Gasteiger partial charge in [0.2, 0.25) is 11.8 Å². The van der Waals surface area contributed by atoms with Crippen LogP contribution in [0.4, 0.5) is 0 Å². The third kappa shape index (κ3) is 7.15. The predicted molar refractivity (Wildman–Crippen MR) is 75.4 cm³/mol. The van der Waals surface area contributed by atoms with Crippen molar-refractivity contribution in [2.24, 2.45) is 11.1 Å². The van der Waals surface area contributed by atoms with Crippen LogP contribution in [0.15, 0.2) is 0 Å². The number of carbonyl (C=O) groups excluding carboxylic acids is 2. The summed E-state index contributed by atoms with van der Waals surface area (Å²) in [6, 6.07) is -0.344. The molecular weight excluding hydrogens is 242 g/mol. The second-order valence-corrected chi connectivity index (χ2v) is 6.80. The summed E-state index contributed by atoms with van der Waals surface area (Å²) in [5, 5.41) is 5.56. The lowest BCUT2D eigenvalue weighted by Gasteiger charge is -2.23. The van der Waals surface area contributed by atoms with Gasteiger partial charge in [0.1, 0.15) is 6.04 Å². The van der Waals surface area contributed by atoms with Crippen LogP contribution >= 0.6 is 0 Å². The van der Waals surface area contributed by atoms with Crippen molar-refractivity contribution < 1.29 is 9.59 Å². The van der Waals surface area contributed by atoms with E-state index in [4.69, 9.17) is 5.73 Å². The van der Waals surface area contributed by atoms with Gasteiger partial charge in [0, 0.05) is 18.5 Å². The van der Waals surface area contributed by atoms with E-state index in [0.717, 1.165) is 19.3 Å². The maximum atomic E-state index is 11.8. The number of hydrogen-bond donors (Lipinski definition) is 3. The maximum Gasteiger partial charge on any atom is 0.242 e. The molecular formula is C14H27N3O2. The van der Waals surface area contributed by atoms with Crippen molar-refractivity contribution in [1.82, 2.24) is 10.6 Å². The van der Waals surface area contributed by atoms with Gasteiger partial charge in [-0.1, -0.05) is 20.8 Å². The Hall–Kier alpha value is -1.10. The highest BCUT2D eigenvalue weighted by Crippen LogP contribution is 2.21. The molecule has 1 saturated carbocycles. The molecule has 0 aromatic rings. The Morgan fingerprint density at radius 3 is 2.37 bits per heavy atom. The smallest absolute Gasteiger partial charge is 0.242 e. The minimum Gasteiger partial charge on any atom is -0.352 e. The van der Waals surface area contributed by atoms with Crippen LogP contribution in [0.25, 0.3) is 0 Å². The largest absolute Gasteiger partial charge is 0.352 e. The molecule has 0 spiro atoms. The van der Waals surface area contributed by atoms with E-state index in [0.29, 0.717) is 6.04 Å². The summed E-state index contributed by atoms with van der Waals surface area (Å²) in [6.45, 7) is 7.98. The van der Waals surface area contributed by atoms with Gasteiger partial charge >= 0.3 is 0 Å². The number of nitrogens with one attached hydrogen (secondary N) is 2. The fraction of sp³-hybridized carbons (Fsp3) is 0.857. The molecule has 5 nitrogen and oxygen atoms in total. The maximum absolute atomic E-state index is 11.8. The van der Waals surface area contributed by atoms with Crippen molar-refractivity contribution in [2.75, 3.05) is 0 Å². The first-order valence-electron chi connectivity index (χ1n) is 7.03. The molecule has 19 heavy (non-hydrogen) atoms. The fourth-order valence-electron chi connectivity index (χ4n) is 2.02. The highest BCUT2D eigenvalue weighted by atomic mass is 16.2. The second-order valence-electron chi connectivity index (χ2n) is 6.80. The zero-order valence-corrected chi connectivity index (χ0v) is 12.5. The summed E-state index contributed by atoms with van der Waals surface area (Å²) in [6.07, 6.45) is 3.13. The van der Waals surface area contributed by atoms with Crippen LogP contribution in [0.2, 0.25) is 0 Å². The number of nitrogens with two attached hydrogens (primary N) is 1. The summed E-state index contributed by atoms with van der Waals surface area (Å²) in [5.41, 5.74) is 6.05. The van der Waals surface area contributed by atoms with Gasteiger partial charge in [-0.15, -0.1) is 0 Å². The highest BCUT2D eigenvalue weighted by molar-refractivity contribution is 5.87. The van der Waals surface area contributed by atoms with Crippen LogP contribution in [-0.4, -0.2) is 29.9 Å². The monoisotopic (exact) mass is 269 g/mol. The van der Waals surface area contributed by atoms with Gasteiger partial charge in [-0.2, -0.15) is 0 Å². The van der Waals surface area contributed by atoms with Crippen molar-refractivity contribution in [1.29, 1.82) is 0 Å². The first kappa shape index (κ1) is 16.0.